The van der Waals surface area contributed by atoms with Crippen LogP contribution in [0.2, 0.25) is 0 Å². The molecule has 1 aliphatic rings. The number of hydrogen-bond acceptors (Lipinski definition) is 7. The molecular weight excluding hydrogens is 270 g/mol. The van der Waals surface area contributed by atoms with Crippen molar-refractivity contribution in [3.8, 4) is 11.5 Å². The van der Waals surface area contributed by atoms with Crippen LogP contribution in [0.25, 0.3) is 0 Å². The molecule has 8 nitrogen and oxygen atoms in total. The smallest absolute Gasteiger partial charge is 0.315 e. The highest BCUT2D eigenvalue weighted by Crippen LogP contribution is 2.41. The Balaban J connectivity index is 2.51. The van der Waals surface area contributed by atoms with Crippen molar-refractivity contribution in [1.29, 1.82) is 0 Å². The maximum Gasteiger partial charge on any atom is 0.315 e. The summed E-state index contributed by atoms with van der Waals surface area (Å²) < 4.78 is 20.5. The van der Waals surface area contributed by atoms with Crippen molar-refractivity contribution in [2.45, 2.75) is 13.2 Å². The van der Waals surface area contributed by atoms with Gasteiger partial charge in [0.1, 0.15) is 0 Å². The molecule has 0 saturated carbocycles. The number of methoxy groups -OCH3 is 1. The van der Waals surface area contributed by atoms with E-state index in [2.05, 4.69) is 0 Å². The largest absolute Gasteiger partial charge is 0.488 e. The quantitative estimate of drug-likeness (QED) is 0.358. The number of hydrogen-bond donors (Lipinski definition) is 0. The number of nitro groups is 1. The highest BCUT2D eigenvalue weighted by Gasteiger charge is 2.28. The van der Waals surface area contributed by atoms with Gasteiger partial charge in [-0.15, -0.1) is 0 Å². The highest BCUT2D eigenvalue weighted by atomic mass is 16.7. The van der Waals surface area contributed by atoms with Gasteiger partial charge in [-0.25, -0.2) is 0 Å². The first-order chi connectivity index (χ1) is 9.52. The van der Waals surface area contributed by atoms with E-state index >= 15 is 0 Å². The van der Waals surface area contributed by atoms with E-state index in [9.17, 15) is 14.9 Å². The lowest BCUT2D eigenvalue weighted by molar-refractivity contribution is -0.386. The van der Waals surface area contributed by atoms with Crippen molar-refractivity contribution >= 4 is 11.7 Å². The van der Waals surface area contributed by atoms with Crippen molar-refractivity contribution in [1.82, 2.24) is 0 Å². The number of benzene rings is 1. The fourth-order valence-corrected chi connectivity index (χ4v) is 1.87. The van der Waals surface area contributed by atoms with Crippen LogP contribution < -0.4 is 9.47 Å². The van der Waals surface area contributed by atoms with Crippen LogP contribution in [0.1, 0.15) is 18.8 Å². The Morgan fingerprint density at radius 1 is 1.40 bits per heavy atom. The molecule has 0 N–H and O–H groups in total. The maximum absolute atomic E-state index is 11.1. The minimum atomic E-state index is -0.714. The zero-order valence-electron chi connectivity index (χ0n) is 11.0. The lowest BCUT2D eigenvalue weighted by atomic mass is 10.1. The molecule has 0 atom stereocenters. The Hall–Kier alpha value is -2.19. The van der Waals surface area contributed by atoms with Crippen LogP contribution in [0.4, 0.5) is 5.69 Å². The Labute approximate surface area is 114 Å². The minimum Gasteiger partial charge on any atom is -0.488 e. The number of rotatable bonds is 4. The molecule has 108 valence electrons. The zero-order chi connectivity index (χ0) is 14.7. The molecule has 0 aromatic heterocycles. The van der Waals surface area contributed by atoms with Crippen LogP contribution in [0.5, 0.6) is 11.5 Å². The lowest BCUT2D eigenvalue weighted by Crippen LogP contribution is -2.07. The van der Waals surface area contributed by atoms with Gasteiger partial charge in [-0.05, 0) is 6.07 Å². The van der Waals surface area contributed by atoms with Crippen LogP contribution in [0.15, 0.2) is 12.1 Å². The summed E-state index contributed by atoms with van der Waals surface area (Å²) in [6.07, 6.45) is -0.714. The molecule has 1 aromatic carbocycles. The number of carbonyl (C=O) groups is 1. The molecule has 0 unspecified atom stereocenters. The Kier molecular flexibility index (Phi) is 4.16. The summed E-state index contributed by atoms with van der Waals surface area (Å²) in [5.74, 6) is -0.766. The molecule has 0 aliphatic carbocycles. The van der Waals surface area contributed by atoms with E-state index in [4.69, 9.17) is 18.9 Å². The molecule has 8 heteroatoms. The lowest BCUT2D eigenvalue weighted by Gasteiger charge is -2.13. The molecule has 1 heterocycles. The van der Waals surface area contributed by atoms with Crippen molar-refractivity contribution < 1.29 is 28.7 Å². The Morgan fingerprint density at radius 2 is 2.05 bits per heavy atom. The zero-order valence-corrected chi connectivity index (χ0v) is 11.0. The third-order valence-electron chi connectivity index (χ3n) is 2.61. The second-order valence-electron chi connectivity index (χ2n) is 4.00. The van der Waals surface area contributed by atoms with E-state index in [0.717, 1.165) is 0 Å². The van der Waals surface area contributed by atoms with Gasteiger partial charge in [-0.1, -0.05) is 0 Å². The summed E-state index contributed by atoms with van der Waals surface area (Å²) in [5, 5.41) is 11.1. The van der Waals surface area contributed by atoms with Gasteiger partial charge in [0.25, 0.3) is 0 Å². The molecule has 1 saturated heterocycles. The van der Waals surface area contributed by atoms with Gasteiger partial charge in [-0.2, -0.15) is 0 Å². The van der Waals surface area contributed by atoms with Crippen LogP contribution in [-0.2, 0) is 14.3 Å². The first-order valence-corrected chi connectivity index (χ1v) is 5.81. The molecule has 1 fully saturated rings. The molecule has 0 bridgehead atoms. The molecule has 0 spiro atoms. The number of nitrogens with zero attached hydrogens (tertiary/aromatic N) is 1. The third-order valence-corrected chi connectivity index (χ3v) is 2.61. The molecular formula is C12H13NO7. The molecule has 1 aliphatic heterocycles. The summed E-state index contributed by atoms with van der Waals surface area (Å²) in [6, 6.07) is 2.71. The van der Waals surface area contributed by atoms with E-state index in [0.29, 0.717) is 18.8 Å². The van der Waals surface area contributed by atoms with Gasteiger partial charge in [0.15, 0.2) is 12.0 Å². The van der Waals surface area contributed by atoms with Crippen LogP contribution in [0, 0.1) is 10.1 Å². The molecule has 0 amide bonds. The van der Waals surface area contributed by atoms with Gasteiger partial charge >= 0.3 is 11.7 Å². The average Bonchev–Trinajstić information content (AvgIpc) is 2.90. The van der Waals surface area contributed by atoms with E-state index in [1.165, 1.54) is 26.2 Å². The van der Waals surface area contributed by atoms with Crippen LogP contribution >= 0.6 is 0 Å². The van der Waals surface area contributed by atoms with E-state index in [-0.39, 0.29) is 17.2 Å². The van der Waals surface area contributed by atoms with Crippen molar-refractivity contribution in [3.05, 3.63) is 27.8 Å². The van der Waals surface area contributed by atoms with Crippen molar-refractivity contribution in [2.24, 2.45) is 0 Å². The predicted octanol–water partition coefficient (Wildman–Crippen LogP) is 1.57. The first-order valence-electron chi connectivity index (χ1n) is 5.81. The second-order valence-corrected chi connectivity index (χ2v) is 4.00. The number of carbonyl (C=O) groups excluding carboxylic acids is 1. The minimum absolute atomic E-state index is 0.0386. The van der Waals surface area contributed by atoms with Crippen LogP contribution in [0.3, 0.4) is 0 Å². The van der Waals surface area contributed by atoms with Gasteiger partial charge in [0.05, 0.1) is 25.2 Å². The van der Waals surface area contributed by atoms with E-state index in [1.807, 2.05) is 0 Å². The summed E-state index contributed by atoms with van der Waals surface area (Å²) in [4.78, 5) is 21.6. The van der Waals surface area contributed by atoms with Gasteiger partial charge in [0.2, 0.25) is 5.75 Å². The van der Waals surface area contributed by atoms with Gasteiger partial charge in [-0.3, -0.25) is 14.9 Å². The molecule has 2 rings (SSSR count). The standard InChI is InChI=1S/C12H13NO7/c1-7(14)20-10-6-8(12-18-3-4-19-12)5-9(13(15)16)11(10)17-2/h5-6,12H,3-4H2,1-2H3. The number of ether oxygens (including phenoxy) is 4. The Bertz CT molecular complexity index is 537. The molecule has 0 radical (unpaired) electrons. The normalized spacial score (nSPS) is 15.1. The van der Waals surface area contributed by atoms with E-state index < -0.39 is 17.2 Å². The van der Waals surface area contributed by atoms with Gasteiger partial charge < -0.3 is 18.9 Å². The first kappa shape index (κ1) is 14.2. The number of nitro benzene ring substituents is 1. The molecule has 1 aromatic rings. The third kappa shape index (κ3) is 2.86. The van der Waals surface area contributed by atoms with E-state index in [1.54, 1.807) is 0 Å². The Morgan fingerprint density at radius 3 is 2.55 bits per heavy atom. The summed E-state index contributed by atoms with van der Waals surface area (Å²) >= 11 is 0. The maximum atomic E-state index is 11.1. The summed E-state index contributed by atoms with van der Waals surface area (Å²) in [5.41, 5.74) is 0.0756. The molecule has 20 heavy (non-hydrogen) atoms. The monoisotopic (exact) mass is 283 g/mol. The van der Waals surface area contributed by atoms with Crippen molar-refractivity contribution in [3.63, 3.8) is 0 Å². The fraction of sp³-hybridized carbons (Fsp3) is 0.417. The number of esters is 1. The summed E-state index contributed by atoms with van der Waals surface area (Å²) in [6.45, 7) is 1.99. The van der Waals surface area contributed by atoms with Gasteiger partial charge in [0, 0.05) is 18.6 Å². The highest BCUT2D eigenvalue weighted by molar-refractivity contribution is 5.72. The second kappa shape index (κ2) is 5.85. The topological polar surface area (TPSA) is 97.1 Å². The van der Waals surface area contributed by atoms with Crippen LogP contribution in [-0.4, -0.2) is 31.2 Å². The fourth-order valence-electron chi connectivity index (χ4n) is 1.87. The SMILES string of the molecule is COc1c(OC(C)=O)cc(C2OCCO2)cc1[N+](=O)[O-]. The average molecular weight is 283 g/mol. The van der Waals surface area contributed by atoms with Crippen molar-refractivity contribution in [2.75, 3.05) is 20.3 Å². The predicted molar refractivity (Wildman–Crippen MR) is 65.6 cm³/mol. The summed E-state index contributed by atoms with van der Waals surface area (Å²) in [7, 11) is 1.26.